The lowest BCUT2D eigenvalue weighted by atomic mass is 10.0. The topological polar surface area (TPSA) is 38.2 Å². The van der Waals surface area contributed by atoms with Crippen LogP contribution in [-0.2, 0) is 0 Å². The van der Waals surface area contributed by atoms with Crippen molar-refractivity contribution in [2.75, 3.05) is 27.2 Å². The molecule has 1 heterocycles. The van der Waals surface area contributed by atoms with Crippen molar-refractivity contribution in [2.45, 2.75) is 6.42 Å². The summed E-state index contributed by atoms with van der Waals surface area (Å²) in [6.45, 7) is 1.43. The lowest BCUT2D eigenvalue weighted by Crippen LogP contribution is -2.15. The smallest absolute Gasteiger partial charge is 0.232 e. The Kier molecular flexibility index (Phi) is 6.08. The molecule has 0 bridgehead atoms. The molecule has 0 fully saturated rings. The highest BCUT2D eigenvalue weighted by Gasteiger charge is 2.13. The molecule has 0 radical (unpaired) electrons. The van der Waals surface area contributed by atoms with Crippen LogP contribution in [0.5, 0.6) is 5.88 Å². The summed E-state index contributed by atoms with van der Waals surface area (Å²) in [7, 11) is 4.01. The highest BCUT2D eigenvalue weighted by Crippen LogP contribution is 2.30. The molecule has 0 unspecified atom stereocenters. The molecule has 0 atom stereocenters. The third-order valence-electron chi connectivity index (χ3n) is 3.99. The molecule has 0 N–H and O–H groups in total. The third-order valence-corrected chi connectivity index (χ3v) is 3.99. The number of hydrogen-bond donors (Lipinski definition) is 0. The van der Waals surface area contributed by atoms with E-state index in [9.17, 15) is 8.78 Å². The fraction of sp³-hybridized carbons (Fsp3) is 0.238. The normalized spacial score (nSPS) is 11.0. The number of benzene rings is 2. The largest absolute Gasteiger partial charge is 0.477 e. The van der Waals surface area contributed by atoms with Crippen molar-refractivity contribution in [1.82, 2.24) is 14.9 Å². The Morgan fingerprint density at radius 1 is 0.852 bits per heavy atom. The van der Waals surface area contributed by atoms with Crippen LogP contribution >= 0.6 is 0 Å². The number of halogens is 2. The number of nitrogens with zero attached hydrogens (tertiary/aromatic N) is 3. The van der Waals surface area contributed by atoms with Gasteiger partial charge in [-0.15, -0.1) is 0 Å². The van der Waals surface area contributed by atoms with Crippen LogP contribution in [0.2, 0.25) is 0 Å². The van der Waals surface area contributed by atoms with E-state index in [1.165, 1.54) is 24.3 Å². The lowest BCUT2D eigenvalue weighted by Gasteiger charge is -2.13. The Bertz CT molecular complexity index is 881. The molecule has 0 aliphatic carbocycles. The van der Waals surface area contributed by atoms with Crippen LogP contribution in [-0.4, -0.2) is 42.1 Å². The van der Waals surface area contributed by atoms with Crippen molar-refractivity contribution in [3.05, 3.63) is 66.4 Å². The summed E-state index contributed by atoms with van der Waals surface area (Å²) < 4.78 is 32.3. The Morgan fingerprint density at radius 2 is 1.41 bits per heavy atom. The predicted molar refractivity (Wildman–Crippen MR) is 101 cm³/mol. The van der Waals surface area contributed by atoms with Gasteiger partial charge < -0.3 is 9.64 Å². The summed E-state index contributed by atoms with van der Waals surface area (Å²) in [6, 6.07) is 12.1. The maximum atomic E-state index is 13.3. The quantitative estimate of drug-likeness (QED) is 0.578. The molecule has 3 aromatic rings. The number of rotatable bonds is 7. The van der Waals surface area contributed by atoms with E-state index in [4.69, 9.17) is 4.74 Å². The first-order chi connectivity index (χ1) is 13.0. The average Bonchev–Trinajstić information content (AvgIpc) is 2.66. The van der Waals surface area contributed by atoms with E-state index in [0.29, 0.717) is 29.4 Å². The minimum Gasteiger partial charge on any atom is -0.477 e. The van der Waals surface area contributed by atoms with Crippen LogP contribution < -0.4 is 4.74 Å². The molecule has 0 saturated heterocycles. The molecule has 0 saturated carbocycles. The first-order valence-corrected chi connectivity index (χ1v) is 8.69. The lowest BCUT2D eigenvalue weighted by molar-refractivity contribution is 0.272. The van der Waals surface area contributed by atoms with Gasteiger partial charge in [0.15, 0.2) is 0 Å². The molecule has 2 aromatic carbocycles. The Balaban J connectivity index is 1.92. The van der Waals surface area contributed by atoms with Crippen molar-refractivity contribution in [3.63, 3.8) is 0 Å². The molecule has 27 heavy (non-hydrogen) atoms. The van der Waals surface area contributed by atoms with Gasteiger partial charge in [-0.3, -0.25) is 0 Å². The maximum Gasteiger partial charge on any atom is 0.232 e. The molecule has 0 aliphatic rings. The summed E-state index contributed by atoms with van der Waals surface area (Å²) in [5.41, 5.74) is 2.58. The van der Waals surface area contributed by atoms with Crippen molar-refractivity contribution >= 4 is 0 Å². The van der Waals surface area contributed by atoms with E-state index < -0.39 is 0 Å². The number of hydrogen-bond acceptors (Lipinski definition) is 4. The van der Waals surface area contributed by atoms with E-state index >= 15 is 0 Å². The SMILES string of the molecule is CN(C)CCCOc1cnc(-c2ccc(F)cc2)c(-c2ccc(F)cc2)n1. The molecule has 6 heteroatoms. The van der Waals surface area contributed by atoms with Gasteiger partial charge in [0.25, 0.3) is 0 Å². The molecule has 3 rings (SSSR count). The summed E-state index contributed by atoms with van der Waals surface area (Å²) in [4.78, 5) is 11.1. The minimum absolute atomic E-state index is 0.323. The van der Waals surface area contributed by atoms with Crippen LogP contribution in [0.15, 0.2) is 54.7 Å². The van der Waals surface area contributed by atoms with Gasteiger partial charge >= 0.3 is 0 Å². The molecule has 0 aliphatic heterocycles. The standard InChI is InChI=1S/C21H21F2N3O/c1-26(2)12-3-13-27-19-14-24-20(15-4-8-17(22)9-5-15)21(25-19)16-6-10-18(23)11-7-16/h4-11,14H,3,12-13H2,1-2H3. The van der Waals surface area contributed by atoms with Gasteiger partial charge in [0.2, 0.25) is 5.88 Å². The first kappa shape index (κ1) is 18.9. The fourth-order valence-corrected chi connectivity index (χ4v) is 2.63. The van der Waals surface area contributed by atoms with E-state index in [1.54, 1.807) is 30.5 Å². The van der Waals surface area contributed by atoms with Crippen LogP contribution in [0.25, 0.3) is 22.5 Å². The highest BCUT2D eigenvalue weighted by molar-refractivity contribution is 5.77. The third kappa shape index (κ3) is 5.08. The Morgan fingerprint density at radius 3 is 1.96 bits per heavy atom. The van der Waals surface area contributed by atoms with E-state index in [1.807, 2.05) is 14.1 Å². The monoisotopic (exact) mass is 369 g/mol. The Labute approximate surface area is 157 Å². The van der Waals surface area contributed by atoms with Crippen LogP contribution in [0.1, 0.15) is 6.42 Å². The van der Waals surface area contributed by atoms with E-state index in [-0.39, 0.29) is 11.6 Å². The van der Waals surface area contributed by atoms with E-state index in [0.717, 1.165) is 18.5 Å². The summed E-state index contributed by atoms with van der Waals surface area (Å²) in [5, 5.41) is 0. The van der Waals surface area contributed by atoms with E-state index in [2.05, 4.69) is 14.9 Å². The number of aromatic nitrogens is 2. The van der Waals surface area contributed by atoms with Gasteiger partial charge in [0.05, 0.1) is 18.5 Å². The average molecular weight is 369 g/mol. The second kappa shape index (κ2) is 8.68. The van der Waals surface area contributed by atoms with Gasteiger partial charge in [0.1, 0.15) is 17.3 Å². The molecule has 140 valence electrons. The molecule has 4 nitrogen and oxygen atoms in total. The molecule has 1 aromatic heterocycles. The van der Waals surface area contributed by atoms with Gasteiger partial charge in [0, 0.05) is 17.7 Å². The Hall–Kier alpha value is -2.86. The maximum absolute atomic E-state index is 13.3. The summed E-state index contributed by atoms with van der Waals surface area (Å²) >= 11 is 0. The van der Waals surface area contributed by atoms with Crippen LogP contribution in [0.3, 0.4) is 0 Å². The first-order valence-electron chi connectivity index (χ1n) is 8.69. The zero-order chi connectivity index (χ0) is 19.2. The van der Waals surface area contributed by atoms with Crippen LogP contribution in [0, 0.1) is 11.6 Å². The fourth-order valence-electron chi connectivity index (χ4n) is 2.63. The van der Waals surface area contributed by atoms with Crippen LogP contribution in [0.4, 0.5) is 8.78 Å². The second-order valence-corrected chi connectivity index (χ2v) is 6.42. The van der Waals surface area contributed by atoms with Gasteiger partial charge in [-0.05, 0) is 69.0 Å². The summed E-state index contributed by atoms with van der Waals surface area (Å²) in [6.07, 6.45) is 2.42. The molecule has 0 spiro atoms. The molecule has 0 amide bonds. The zero-order valence-corrected chi connectivity index (χ0v) is 15.3. The van der Waals surface area contributed by atoms with Crippen molar-refractivity contribution in [1.29, 1.82) is 0 Å². The van der Waals surface area contributed by atoms with Crippen molar-refractivity contribution < 1.29 is 13.5 Å². The summed E-state index contributed by atoms with van der Waals surface area (Å²) in [5.74, 6) is -0.249. The van der Waals surface area contributed by atoms with Gasteiger partial charge in [-0.2, -0.15) is 0 Å². The zero-order valence-electron chi connectivity index (χ0n) is 15.3. The molecular formula is C21H21F2N3O. The second-order valence-electron chi connectivity index (χ2n) is 6.42. The van der Waals surface area contributed by atoms with Gasteiger partial charge in [-0.25, -0.2) is 18.7 Å². The molecular weight excluding hydrogens is 348 g/mol. The highest BCUT2D eigenvalue weighted by atomic mass is 19.1. The number of ether oxygens (including phenoxy) is 1. The van der Waals surface area contributed by atoms with Crippen molar-refractivity contribution in [2.24, 2.45) is 0 Å². The van der Waals surface area contributed by atoms with Gasteiger partial charge in [-0.1, -0.05) is 0 Å². The predicted octanol–water partition coefficient (Wildman–Crippen LogP) is 4.42. The minimum atomic E-state index is -0.328. The van der Waals surface area contributed by atoms with Crippen molar-refractivity contribution in [3.8, 4) is 28.4 Å².